The molecule has 28 heavy (non-hydrogen) atoms. The lowest BCUT2D eigenvalue weighted by Gasteiger charge is -2.23. The lowest BCUT2D eigenvalue weighted by molar-refractivity contribution is 0.474. The molecule has 0 fully saturated rings. The third kappa shape index (κ3) is 2.39. The van der Waals surface area contributed by atoms with Gasteiger partial charge in [0.15, 0.2) is 0 Å². The molecule has 0 atom stereocenters. The first-order chi connectivity index (χ1) is 13.5. The van der Waals surface area contributed by atoms with Crippen LogP contribution in [-0.4, -0.2) is 20.4 Å². The summed E-state index contributed by atoms with van der Waals surface area (Å²) in [4.78, 5) is 0. The highest BCUT2D eigenvalue weighted by atomic mass is 16.3. The number of aromatic hydroxyl groups is 4. The van der Waals surface area contributed by atoms with Crippen molar-refractivity contribution in [3.63, 3.8) is 0 Å². The molecule has 4 aromatic rings. The highest BCUT2D eigenvalue weighted by molar-refractivity contribution is 6.04. The maximum Gasteiger partial charge on any atom is 0.116 e. The van der Waals surface area contributed by atoms with E-state index in [9.17, 15) is 20.4 Å². The van der Waals surface area contributed by atoms with Gasteiger partial charge in [-0.1, -0.05) is 24.3 Å². The van der Waals surface area contributed by atoms with E-state index in [1.807, 2.05) is 18.2 Å². The van der Waals surface area contributed by atoms with E-state index in [0.29, 0.717) is 0 Å². The number of rotatable bonds is 0. The highest BCUT2D eigenvalue weighted by Crippen LogP contribution is 2.50. The third-order valence-electron chi connectivity index (χ3n) is 5.17. The summed E-state index contributed by atoms with van der Waals surface area (Å²) >= 11 is 0. The molecule has 5 rings (SSSR count). The number of phenols is 4. The Hall–Kier alpha value is -3.92. The second-order valence-electron chi connectivity index (χ2n) is 6.92. The molecule has 4 N–H and O–H groups in total. The van der Waals surface area contributed by atoms with E-state index in [0.717, 1.165) is 44.5 Å². The quantitative estimate of drug-likeness (QED) is 0.291. The zero-order valence-corrected chi connectivity index (χ0v) is 14.7. The van der Waals surface area contributed by atoms with Gasteiger partial charge in [0.05, 0.1) is 0 Å². The Morgan fingerprint density at radius 1 is 0.286 bits per heavy atom. The first-order valence-corrected chi connectivity index (χ1v) is 8.85. The molecule has 1 aliphatic rings. The summed E-state index contributed by atoms with van der Waals surface area (Å²) < 4.78 is 0. The Morgan fingerprint density at radius 3 is 0.786 bits per heavy atom. The Bertz CT molecular complexity index is 1260. The van der Waals surface area contributed by atoms with Gasteiger partial charge in [-0.3, -0.25) is 0 Å². The van der Waals surface area contributed by atoms with Gasteiger partial charge in [0.1, 0.15) is 23.0 Å². The van der Waals surface area contributed by atoms with Crippen molar-refractivity contribution in [3.05, 3.63) is 72.8 Å². The van der Waals surface area contributed by atoms with Gasteiger partial charge in [-0.05, 0) is 93.0 Å². The predicted octanol–water partition coefficient (Wildman–Crippen LogP) is 5.49. The minimum absolute atomic E-state index is 0.112. The number of phenolic OH excluding ortho intramolecular Hbond substituents is 4. The van der Waals surface area contributed by atoms with Crippen molar-refractivity contribution in [2.24, 2.45) is 0 Å². The summed E-state index contributed by atoms with van der Waals surface area (Å²) in [5, 5.41) is 40.5. The fourth-order valence-electron chi connectivity index (χ4n) is 3.96. The zero-order chi connectivity index (χ0) is 19.4. The summed E-state index contributed by atoms with van der Waals surface area (Å²) in [6.07, 6.45) is 0. The lowest BCUT2D eigenvalue weighted by Crippen LogP contribution is -1.97. The van der Waals surface area contributed by atoms with Crippen LogP contribution in [0.15, 0.2) is 72.8 Å². The predicted molar refractivity (Wildman–Crippen MR) is 108 cm³/mol. The molecule has 4 nitrogen and oxygen atoms in total. The van der Waals surface area contributed by atoms with E-state index >= 15 is 0 Å². The van der Waals surface area contributed by atoms with Crippen molar-refractivity contribution in [3.8, 4) is 67.5 Å². The molecule has 136 valence electrons. The fourth-order valence-corrected chi connectivity index (χ4v) is 3.96. The Morgan fingerprint density at radius 2 is 0.500 bits per heavy atom. The van der Waals surface area contributed by atoms with E-state index in [1.54, 1.807) is 54.6 Å². The minimum atomic E-state index is 0.112. The summed E-state index contributed by atoms with van der Waals surface area (Å²) in [5.41, 5.74) is 6.52. The Balaban J connectivity index is 2.01. The third-order valence-corrected chi connectivity index (χ3v) is 5.17. The Labute approximate surface area is 161 Å². The number of hydrogen-bond donors (Lipinski definition) is 4. The van der Waals surface area contributed by atoms with Gasteiger partial charge in [-0.15, -0.1) is 0 Å². The van der Waals surface area contributed by atoms with E-state index in [2.05, 4.69) is 0 Å². The van der Waals surface area contributed by atoms with Crippen LogP contribution in [0.4, 0.5) is 0 Å². The van der Waals surface area contributed by atoms with Crippen LogP contribution in [0.25, 0.3) is 44.5 Å². The van der Waals surface area contributed by atoms with Gasteiger partial charge in [0.2, 0.25) is 0 Å². The summed E-state index contributed by atoms with van der Waals surface area (Å²) in [5.74, 6) is 0.493. The Kier molecular flexibility index (Phi) is 3.36. The molecule has 0 radical (unpaired) electrons. The number of fused-ring (bicyclic) bond motifs is 8. The largest absolute Gasteiger partial charge is 0.508 e. The van der Waals surface area contributed by atoms with Gasteiger partial charge < -0.3 is 20.4 Å². The monoisotopic (exact) mass is 368 g/mol. The summed E-state index contributed by atoms with van der Waals surface area (Å²) in [6, 6.07) is 20.5. The van der Waals surface area contributed by atoms with Crippen LogP contribution < -0.4 is 0 Å². The topological polar surface area (TPSA) is 80.9 Å². The number of hydrogen-bond acceptors (Lipinski definition) is 4. The van der Waals surface area contributed by atoms with Gasteiger partial charge in [0, 0.05) is 0 Å². The SMILES string of the molecule is Oc1ccc2c(c1)-c1ccc(O)cc1-c1ccc(O)cc1-c1cc(O)ccc1-2. The maximum absolute atomic E-state index is 10.1. The average molecular weight is 368 g/mol. The van der Waals surface area contributed by atoms with E-state index in [4.69, 9.17) is 0 Å². The van der Waals surface area contributed by atoms with E-state index < -0.39 is 0 Å². The second-order valence-corrected chi connectivity index (χ2v) is 6.92. The molecule has 0 bridgehead atoms. The maximum atomic E-state index is 10.1. The van der Waals surface area contributed by atoms with Gasteiger partial charge in [-0.2, -0.15) is 0 Å². The normalized spacial score (nSPS) is 11.4. The van der Waals surface area contributed by atoms with Crippen LogP contribution in [0.2, 0.25) is 0 Å². The molecule has 4 heteroatoms. The molecule has 0 saturated carbocycles. The van der Waals surface area contributed by atoms with E-state index in [1.165, 1.54) is 0 Å². The molecule has 0 unspecified atom stereocenters. The molecular formula is C24H16O4. The van der Waals surface area contributed by atoms with Crippen LogP contribution in [0.5, 0.6) is 23.0 Å². The smallest absolute Gasteiger partial charge is 0.116 e. The summed E-state index contributed by atoms with van der Waals surface area (Å²) in [7, 11) is 0. The molecule has 0 spiro atoms. The molecule has 0 aliphatic heterocycles. The molecule has 0 amide bonds. The number of benzene rings is 4. The van der Waals surface area contributed by atoms with Gasteiger partial charge in [0.25, 0.3) is 0 Å². The highest BCUT2D eigenvalue weighted by Gasteiger charge is 2.23. The molecular weight excluding hydrogens is 352 g/mol. The molecule has 0 saturated heterocycles. The van der Waals surface area contributed by atoms with Crippen LogP contribution in [0.3, 0.4) is 0 Å². The molecule has 1 aliphatic carbocycles. The van der Waals surface area contributed by atoms with Crippen LogP contribution in [-0.2, 0) is 0 Å². The second kappa shape index (κ2) is 5.79. The van der Waals surface area contributed by atoms with Crippen LogP contribution >= 0.6 is 0 Å². The minimum Gasteiger partial charge on any atom is -0.508 e. The molecule has 0 heterocycles. The van der Waals surface area contributed by atoms with Crippen LogP contribution in [0, 0.1) is 0 Å². The summed E-state index contributed by atoms with van der Waals surface area (Å²) in [6.45, 7) is 0. The van der Waals surface area contributed by atoms with Crippen molar-refractivity contribution >= 4 is 0 Å². The van der Waals surface area contributed by atoms with Crippen molar-refractivity contribution in [1.82, 2.24) is 0 Å². The molecule has 4 aromatic carbocycles. The van der Waals surface area contributed by atoms with Crippen molar-refractivity contribution in [1.29, 1.82) is 0 Å². The first kappa shape index (κ1) is 16.3. The van der Waals surface area contributed by atoms with Crippen molar-refractivity contribution in [2.45, 2.75) is 0 Å². The average Bonchev–Trinajstić information content (AvgIpc) is 2.67. The van der Waals surface area contributed by atoms with E-state index in [-0.39, 0.29) is 23.0 Å². The van der Waals surface area contributed by atoms with Crippen LogP contribution in [0.1, 0.15) is 0 Å². The lowest BCUT2D eigenvalue weighted by atomic mass is 9.80. The van der Waals surface area contributed by atoms with Crippen molar-refractivity contribution < 1.29 is 20.4 Å². The first-order valence-electron chi connectivity index (χ1n) is 8.85. The zero-order valence-electron chi connectivity index (χ0n) is 14.7. The van der Waals surface area contributed by atoms with Crippen molar-refractivity contribution in [2.75, 3.05) is 0 Å². The van der Waals surface area contributed by atoms with Gasteiger partial charge in [-0.25, -0.2) is 0 Å². The molecule has 0 aromatic heterocycles. The fraction of sp³-hybridized carbons (Fsp3) is 0. The van der Waals surface area contributed by atoms with Gasteiger partial charge >= 0.3 is 0 Å². The standard InChI is InChI=1S/C24H16O4/c25-13-1-5-17-18-6-2-15(27)11-23(18)24-12-16(28)4-8-20(24)22-10-14(26)3-7-19(22)21(17)9-13/h1-12,25-28H.